The van der Waals surface area contributed by atoms with Gasteiger partial charge in [-0.3, -0.25) is 0 Å². The Balaban J connectivity index is 2.30. The van der Waals surface area contributed by atoms with E-state index in [1.54, 1.807) is 6.07 Å². The number of fused-ring (bicyclic) bond motifs is 1. The van der Waals surface area contributed by atoms with Crippen molar-refractivity contribution < 1.29 is 0 Å². The van der Waals surface area contributed by atoms with Crippen LogP contribution in [0.2, 0.25) is 5.02 Å². The summed E-state index contributed by atoms with van der Waals surface area (Å²) in [7, 11) is 0. The Bertz CT molecular complexity index is 811. The number of aromatic nitrogens is 2. The molecular weight excluding hydrogens is 350 g/mol. The van der Waals surface area contributed by atoms with Crippen LogP contribution in [0.5, 0.6) is 0 Å². The maximum Gasteiger partial charge on any atom is 0.142 e. The number of nitrogens with two attached hydrogens (primary N) is 1. The highest BCUT2D eigenvalue weighted by Gasteiger charge is 2.15. The molecule has 0 aliphatic rings. The zero-order valence-electron chi connectivity index (χ0n) is 11.6. The SMILES string of the molecule is CCCn1c(-c2cc(N)ccc2Cl)nc2cc(Br)ccc21. The molecule has 0 bridgehead atoms. The van der Waals surface area contributed by atoms with Crippen LogP contribution in [0, 0.1) is 0 Å². The molecule has 2 N–H and O–H groups in total. The first-order valence-corrected chi connectivity index (χ1v) is 7.98. The molecule has 0 amide bonds. The minimum Gasteiger partial charge on any atom is -0.399 e. The van der Waals surface area contributed by atoms with Crippen molar-refractivity contribution in [1.29, 1.82) is 0 Å². The topological polar surface area (TPSA) is 43.8 Å². The van der Waals surface area contributed by atoms with Crippen molar-refractivity contribution in [2.45, 2.75) is 19.9 Å². The lowest BCUT2D eigenvalue weighted by molar-refractivity contribution is 0.704. The number of nitrogens with zero attached hydrogens (tertiary/aromatic N) is 2. The summed E-state index contributed by atoms with van der Waals surface area (Å²) in [6, 6.07) is 11.6. The molecule has 0 unspecified atom stereocenters. The van der Waals surface area contributed by atoms with E-state index in [1.807, 2.05) is 24.3 Å². The van der Waals surface area contributed by atoms with Gasteiger partial charge < -0.3 is 10.3 Å². The highest BCUT2D eigenvalue weighted by atomic mass is 79.9. The number of halogens is 2. The fraction of sp³-hybridized carbons (Fsp3) is 0.188. The normalized spacial score (nSPS) is 11.2. The highest BCUT2D eigenvalue weighted by Crippen LogP contribution is 2.32. The van der Waals surface area contributed by atoms with Crippen LogP contribution >= 0.6 is 27.5 Å². The van der Waals surface area contributed by atoms with Crippen LogP contribution in [0.15, 0.2) is 40.9 Å². The number of aryl methyl sites for hydroxylation is 1. The van der Waals surface area contributed by atoms with Crippen LogP contribution in [0.25, 0.3) is 22.4 Å². The molecule has 0 aliphatic heterocycles. The number of nitrogen functional groups attached to an aromatic ring is 1. The summed E-state index contributed by atoms with van der Waals surface area (Å²) in [5.41, 5.74) is 9.52. The van der Waals surface area contributed by atoms with E-state index in [-0.39, 0.29) is 0 Å². The summed E-state index contributed by atoms with van der Waals surface area (Å²) in [4.78, 5) is 4.76. The zero-order chi connectivity index (χ0) is 15.0. The first-order valence-electron chi connectivity index (χ1n) is 6.81. The van der Waals surface area contributed by atoms with Crippen molar-refractivity contribution >= 4 is 44.3 Å². The Hall–Kier alpha value is -1.52. The lowest BCUT2D eigenvalue weighted by Crippen LogP contribution is -2.00. The average molecular weight is 365 g/mol. The number of rotatable bonds is 3. The van der Waals surface area contributed by atoms with Crippen molar-refractivity contribution in [2.75, 3.05) is 5.73 Å². The highest BCUT2D eigenvalue weighted by molar-refractivity contribution is 9.10. The van der Waals surface area contributed by atoms with Crippen molar-refractivity contribution in [1.82, 2.24) is 9.55 Å². The van der Waals surface area contributed by atoms with Crippen molar-refractivity contribution in [3.8, 4) is 11.4 Å². The monoisotopic (exact) mass is 363 g/mol. The molecule has 0 spiro atoms. The Morgan fingerprint density at radius 1 is 1.24 bits per heavy atom. The lowest BCUT2D eigenvalue weighted by atomic mass is 10.2. The van der Waals surface area contributed by atoms with Crippen molar-refractivity contribution in [3.05, 3.63) is 45.9 Å². The number of hydrogen-bond donors (Lipinski definition) is 1. The van der Waals surface area contributed by atoms with Crippen LogP contribution < -0.4 is 5.73 Å². The molecule has 3 aromatic rings. The summed E-state index contributed by atoms with van der Waals surface area (Å²) >= 11 is 9.84. The summed E-state index contributed by atoms with van der Waals surface area (Å²) in [6.07, 6.45) is 1.02. The van der Waals surface area contributed by atoms with E-state index < -0.39 is 0 Å². The van der Waals surface area contributed by atoms with Gasteiger partial charge in [-0.2, -0.15) is 0 Å². The molecule has 0 saturated heterocycles. The maximum atomic E-state index is 6.34. The van der Waals surface area contributed by atoms with Crippen LogP contribution in [0.3, 0.4) is 0 Å². The quantitative estimate of drug-likeness (QED) is 0.656. The Morgan fingerprint density at radius 2 is 2.05 bits per heavy atom. The van der Waals surface area contributed by atoms with E-state index in [0.29, 0.717) is 10.7 Å². The predicted molar refractivity (Wildman–Crippen MR) is 92.6 cm³/mol. The molecule has 3 nitrogen and oxygen atoms in total. The van der Waals surface area contributed by atoms with Crippen LogP contribution in [-0.4, -0.2) is 9.55 Å². The van der Waals surface area contributed by atoms with Gasteiger partial charge in [-0.15, -0.1) is 0 Å². The predicted octanol–water partition coefficient (Wildman–Crippen LogP) is 5.11. The summed E-state index contributed by atoms with van der Waals surface area (Å²) in [5.74, 6) is 0.863. The third-order valence-electron chi connectivity index (χ3n) is 3.39. The molecule has 1 aromatic heterocycles. The second-order valence-corrected chi connectivity index (χ2v) is 6.28. The largest absolute Gasteiger partial charge is 0.399 e. The summed E-state index contributed by atoms with van der Waals surface area (Å²) in [6.45, 7) is 3.04. The van der Waals surface area contributed by atoms with Crippen LogP contribution in [0.1, 0.15) is 13.3 Å². The number of imidazole rings is 1. The molecule has 0 atom stereocenters. The van der Waals surface area contributed by atoms with Gasteiger partial charge in [-0.05, 0) is 42.8 Å². The van der Waals surface area contributed by atoms with E-state index in [9.17, 15) is 0 Å². The first kappa shape index (κ1) is 14.4. The summed E-state index contributed by atoms with van der Waals surface area (Å²) < 4.78 is 3.21. The van der Waals surface area contributed by atoms with E-state index in [2.05, 4.69) is 33.5 Å². The smallest absolute Gasteiger partial charge is 0.142 e. The fourth-order valence-corrected chi connectivity index (χ4v) is 3.02. The molecule has 5 heteroatoms. The van der Waals surface area contributed by atoms with E-state index in [4.69, 9.17) is 22.3 Å². The molecule has 21 heavy (non-hydrogen) atoms. The third kappa shape index (κ3) is 2.65. The van der Waals surface area contributed by atoms with E-state index in [0.717, 1.165) is 39.9 Å². The Morgan fingerprint density at radius 3 is 2.81 bits per heavy atom. The van der Waals surface area contributed by atoms with Crippen molar-refractivity contribution in [2.24, 2.45) is 0 Å². The van der Waals surface area contributed by atoms with Crippen LogP contribution in [0.4, 0.5) is 5.69 Å². The van der Waals surface area contributed by atoms with Gasteiger partial charge in [-0.1, -0.05) is 34.5 Å². The van der Waals surface area contributed by atoms with Gasteiger partial charge in [0.1, 0.15) is 5.82 Å². The first-order chi connectivity index (χ1) is 10.1. The van der Waals surface area contributed by atoms with Crippen molar-refractivity contribution in [3.63, 3.8) is 0 Å². The molecular formula is C16H15BrClN3. The number of benzene rings is 2. The molecule has 0 saturated carbocycles. The zero-order valence-corrected chi connectivity index (χ0v) is 13.9. The van der Waals surface area contributed by atoms with E-state index in [1.165, 1.54) is 0 Å². The molecule has 0 aliphatic carbocycles. The molecule has 0 fully saturated rings. The van der Waals surface area contributed by atoms with Gasteiger partial charge >= 0.3 is 0 Å². The molecule has 2 aromatic carbocycles. The standard InChI is InChI=1S/C16H15BrClN3/c1-2-7-21-15-6-3-10(17)8-14(15)20-16(21)12-9-11(19)4-5-13(12)18/h3-6,8-9H,2,7,19H2,1H3. The van der Waals surface area contributed by atoms with E-state index >= 15 is 0 Å². The number of hydrogen-bond acceptors (Lipinski definition) is 2. The number of anilines is 1. The lowest BCUT2D eigenvalue weighted by Gasteiger charge is -2.09. The summed E-state index contributed by atoms with van der Waals surface area (Å²) in [5, 5.41) is 0.663. The second kappa shape index (κ2) is 5.70. The third-order valence-corrected chi connectivity index (χ3v) is 4.21. The van der Waals surface area contributed by atoms with Crippen LogP contribution in [-0.2, 0) is 6.54 Å². The molecule has 0 radical (unpaired) electrons. The molecule has 3 rings (SSSR count). The van der Waals surface area contributed by atoms with Gasteiger partial charge in [0.25, 0.3) is 0 Å². The minimum atomic E-state index is 0.663. The second-order valence-electron chi connectivity index (χ2n) is 4.96. The minimum absolute atomic E-state index is 0.663. The fourth-order valence-electron chi connectivity index (χ4n) is 2.47. The van der Waals surface area contributed by atoms with Gasteiger partial charge in [0, 0.05) is 22.3 Å². The Labute approximate surface area is 136 Å². The van der Waals surface area contributed by atoms with Gasteiger partial charge in [0.05, 0.1) is 16.1 Å². The van der Waals surface area contributed by atoms with Gasteiger partial charge in [0.2, 0.25) is 0 Å². The Kier molecular flexibility index (Phi) is 3.91. The molecule has 1 heterocycles. The molecule has 108 valence electrons. The van der Waals surface area contributed by atoms with Gasteiger partial charge in [-0.25, -0.2) is 4.98 Å². The maximum absolute atomic E-state index is 6.34. The van der Waals surface area contributed by atoms with Gasteiger partial charge in [0.15, 0.2) is 0 Å². The average Bonchev–Trinajstić information content (AvgIpc) is 2.80.